The summed E-state index contributed by atoms with van der Waals surface area (Å²) in [5, 5.41) is 0. The van der Waals surface area contributed by atoms with Crippen molar-refractivity contribution < 1.29 is 9.53 Å². The van der Waals surface area contributed by atoms with Gasteiger partial charge in [-0.05, 0) is 30.5 Å². The summed E-state index contributed by atoms with van der Waals surface area (Å²) in [4.78, 5) is 12.1. The van der Waals surface area contributed by atoms with E-state index in [1.807, 2.05) is 30.5 Å². The topological polar surface area (TPSA) is 78.3 Å². The Morgan fingerprint density at radius 2 is 2.00 bits per heavy atom. The SMILES string of the molecule is CSc1ccccc1OCc1ccc(C(N)=O)cc1N. The van der Waals surface area contributed by atoms with Crippen LogP contribution in [0.1, 0.15) is 15.9 Å². The molecule has 0 aliphatic rings. The molecule has 0 radical (unpaired) electrons. The average molecular weight is 288 g/mol. The van der Waals surface area contributed by atoms with E-state index in [0.29, 0.717) is 17.9 Å². The molecule has 104 valence electrons. The third kappa shape index (κ3) is 3.24. The highest BCUT2D eigenvalue weighted by atomic mass is 32.2. The van der Waals surface area contributed by atoms with Crippen molar-refractivity contribution >= 4 is 23.4 Å². The number of benzene rings is 2. The summed E-state index contributed by atoms with van der Waals surface area (Å²) in [6.45, 7) is 0.350. The van der Waals surface area contributed by atoms with Crippen LogP contribution in [0.5, 0.6) is 5.75 Å². The van der Waals surface area contributed by atoms with Crippen LogP contribution in [-0.4, -0.2) is 12.2 Å². The van der Waals surface area contributed by atoms with Gasteiger partial charge in [0.15, 0.2) is 0 Å². The van der Waals surface area contributed by atoms with Gasteiger partial charge in [0.05, 0.1) is 0 Å². The van der Waals surface area contributed by atoms with E-state index in [0.717, 1.165) is 16.2 Å². The fourth-order valence-electron chi connectivity index (χ4n) is 1.77. The van der Waals surface area contributed by atoms with E-state index in [-0.39, 0.29) is 0 Å². The monoisotopic (exact) mass is 288 g/mol. The smallest absolute Gasteiger partial charge is 0.248 e. The Bertz CT molecular complexity index is 629. The zero-order valence-corrected chi connectivity index (χ0v) is 11.9. The van der Waals surface area contributed by atoms with Crippen LogP contribution in [0.15, 0.2) is 47.4 Å². The Kier molecular flexibility index (Phi) is 4.53. The lowest BCUT2D eigenvalue weighted by atomic mass is 10.1. The molecule has 0 aliphatic heterocycles. The summed E-state index contributed by atoms with van der Waals surface area (Å²) >= 11 is 1.62. The number of primary amides is 1. The molecule has 0 aromatic heterocycles. The molecule has 20 heavy (non-hydrogen) atoms. The van der Waals surface area contributed by atoms with Gasteiger partial charge in [0.1, 0.15) is 12.4 Å². The lowest BCUT2D eigenvalue weighted by molar-refractivity contribution is 0.100. The first kappa shape index (κ1) is 14.3. The van der Waals surface area contributed by atoms with Crippen LogP contribution < -0.4 is 16.2 Å². The van der Waals surface area contributed by atoms with Crippen LogP contribution in [-0.2, 0) is 6.61 Å². The Morgan fingerprint density at radius 3 is 2.65 bits per heavy atom. The Labute approximate surface area is 122 Å². The summed E-state index contributed by atoms with van der Waals surface area (Å²) in [6.07, 6.45) is 2.00. The largest absolute Gasteiger partial charge is 0.488 e. The molecule has 4 nitrogen and oxygen atoms in total. The second-order valence-electron chi connectivity index (χ2n) is 4.22. The third-order valence-electron chi connectivity index (χ3n) is 2.88. The maximum Gasteiger partial charge on any atom is 0.248 e. The van der Waals surface area contributed by atoms with Crippen LogP contribution in [0, 0.1) is 0 Å². The number of carbonyl (C=O) groups is 1. The van der Waals surface area contributed by atoms with Gasteiger partial charge in [-0.2, -0.15) is 0 Å². The lowest BCUT2D eigenvalue weighted by Gasteiger charge is -2.11. The Balaban J connectivity index is 2.13. The second kappa shape index (κ2) is 6.34. The summed E-state index contributed by atoms with van der Waals surface area (Å²) < 4.78 is 5.78. The molecule has 0 atom stereocenters. The Hall–Kier alpha value is -2.14. The van der Waals surface area contributed by atoms with Gasteiger partial charge in [-0.3, -0.25) is 4.79 Å². The van der Waals surface area contributed by atoms with Crippen molar-refractivity contribution in [1.29, 1.82) is 0 Å². The van der Waals surface area contributed by atoms with Gasteiger partial charge in [-0.1, -0.05) is 18.2 Å². The number of ether oxygens (including phenoxy) is 1. The fraction of sp³-hybridized carbons (Fsp3) is 0.133. The van der Waals surface area contributed by atoms with Gasteiger partial charge >= 0.3 is 0 Å². The van der Waals surface area contributed by atoms with Gasteiger partial charge in [-0.15, -0.1) is 11.8 Å². The van der Waals surface area contributed by atoms with Crippen molar-refractivity contribution in [1.82, 2.24) is 0 Å². The predicted octanol–water partition coefficient (Wildman–Crippen LogP) is 2.67. The molecule has 0 fully saturated rings. The van der Waals surface area contributed by atoms with Gasteiger partial charge < -0.3 is 16.2 Å². The number of carbonyl (C=O) groups excluding carboxylic acids is 1. The fourth-order valence-corrected chi connectivity index (χ4v) is 2.32. The number of nitrogen functional groups attached to an aromatic ring is 1. The predicted molar refractivity (Wildman–Crippen MR) is 81.9 cm³/mol. The number of amides is 1. The van der Waals surface area contributed by atoms with Crippen LogP contribution in [0.25, 0.3) is 0 Å². The second-order valence-corrected chi connectivity index (χ2v) is 5.07. The zero-order valence-electron chi connectivity index (χ0n) is 11.1. The van der Waals surface area contributed by atoms with E-state index >= 15 is 0 Å². The van der Waals surface area contributed by atoms with E-state index in [9.17, 15) is 4.79 Å². The minimum atomic E-state index is -0.489. The lowest BCUT2D eigenvalue weighted by Crippen LogP contribution is -2.12. The molecular weight excluding hydrogens is 272 g/mol. The van der Waals surface area contributed by atoms with Gasteiger partial charge in [0.2, 0.25) is 5.91 Å². The van der Waals surface area contributed by atoms with Crippen LogP contribution in [0.3, 0.4) is 0 Å². The molecule has 4 N–H and O–H groups in total. The molecule has 0 heterocycles. The summed E-state index contributed by atoms with van der Waals surface area (Å²) in [5.41, 5.74) is 12.8. The van der Waals surface area contributed by atoms with Crippen LogP contribution >= 0.6 is 11.8 Å². The third-order valence-corrected chi connectivity index (χ3v) is 3.66. The highest BCUT2D eigenvalue weighted by Gasteiger charge is 2.07. The maximum atomic E-state index is 11.1. The quantitative estimate of drug-likeness (QED) is 0.655. The van der Waals surface area contributed by atoms with Crippen molar-refractivity contribution in [2.45, 2.75) is 11.5 Å². The average Bonchev–Trinajstić information content (AvgIpc) is 2.46. The van der Waals surface area contributed by atoms with E-state index < -0.39 is 5.91 Å². The molecule has 1 amide bonds. The summed E-state index contributed by atoms with van der Waals surface area (Å²) in [5.74, 6) is 0.329. The van der Waals surface area contributed by atoms with Gasteiger partial charge in [0.25, 0.3) is 0 Å². The van der Waals surface area contributed by atoms with Crippen molar-refractivity contribution in [3.05, 3.63) is 53.6 Å². The van der Waals surface area contributed by atoms with Crippen molar-refractivity contribution in [3.63, 3.8) is 0 Å². The minimum Gasteiger partial charge on any atom is -0.488 e. The number of rotatable bonds is 5. The van der Waals surface area contributed by atoms with Crippen LogP contribution in [0.2, 0.25) is 0 Å². The van der Waals surface area contributed by atoms with Gasteiger partial charge in [0, 0.05) is 21.7 Å². The molecule has 2 aromatic carbocycles. The standard InChI is InChI=1S/C15H16N2O2S/c1-20-14-5-3-2-4-13(14)19-9-11-7-6-10(15(17)18)8-12(11)16/h2-8H,9,16H2,1H3,(H2,17,18). The molecule has 0 saturated heterocycles. The normalized spacial score (nSPS) is 10.2. The van der Waals surface area contributed by atoms with Crippen molar-refractivity contribution in [2.75, 3.05) is 12.0 Å². The molecule has 0 unspecified atom stereocenters. The molecule has 0 aliphatic carbocycles. The highest BCUT2D eigenvalue weighted by Crippen LogP contribution is 2.28. The number of anilines is 1. The first-order chi connectivity index (χ1) is 9.61. The van der Waals surface area contributed by atoms with Gasteiger partial charge in [-0.25, -0.2) is 0 Å². The summed E-state index contributed by atoms with van der Waals surface area (Å²) in [6, 6.07) is 12.8. The summed E-state index contributed by atoms with van der Waals surface area (Å²) in [7, 11) is 0. The number of hydrogen-bond acceptors (Lipinski definition) is 4. The van der Waals surface area contributed by atoms with E-state index in [2.05, 4.69) is 0 Å². The van der Waals surface area contributed by atoms with E-state index in [4.69, 9.17) is 16.2 Å². The van der Waals surface area contributed by atoms with Crippen molar-refractivity contribution in [2.24, 2.45) is 5.73 Å². The highest BCUT2D eigenvalue weighted by molar-refractivity contribution is 7.98. The Morgan fingerprint density at radius 1 is 1.25 bits per heavy atom. The van der Waals surface area contributed by atoms with E-state index in [1.54, 1.807) is 30.0 Å². The molecular formula is C15H16N2O2S. The molecule has 0 saturated carbocycles. The molecule has 5 heteroatoms. The zero-order chi connectivity index (χ0) is 14.5. The number of nitrogens with two attached hydrogens (primary N) is 2. The van der Waals surface area contributed by atoms with Crippen molar-refractivity contribution in [3.8, 4) is 5.75 Å². The minimum absolute atomic E-state index is 0.350. The molecule has 0 bridgehead atoms. The van der Waals surface area contributed by atoms with E-state index in [1.165, 1.54) is 0 Å². The number of thioether (sulfide) groups is 1. The molecule has 0 spiro atoms. The van der Waals surface area contributed by atoms with Crippen LogP contribution in [0.4, 0.5) is 5.69 Å². The number of para-hydroxylation sites is 1. The first-order valence-electron chi connectivity index (χ1n) is 6.06. The molecule has 2 rings (SSSR count). The maximum absolute atomic E-state index is 11.1. The first-order valence-corrected chi connectivity index (χ1v) is 7.28. The molecule has 2 aromatic rings. The number of hydrogen-bond donors (Lipinski definition) is 2.